The monoisotopic (exact) mass is 272 g/mol. The lowest BCUT2D eigenvalue weighted by Crippen LogP contribution is -2.33. The van der Waals surface area contributed by atoms with Crippen LogP contribution in [-0.2, 0) is 0 Å². The van der Waals surface area contributed by atoms with Gasteiger partial charge in [-0.15, -0.1) is 0 Å². The molecule has 1 atom stereocenters. The van der Waals surface area contributed by atoms with Crippen LogP contribution in [0.5, 0.6) is 5.75 Å². The topological polar surface area (TPSA) is 67.8 Å². The smallest absolute Gasteiger partial charge is 0.180 e. The van der Waals surface area contributed by atoms with Crippen molar-refractivity contribution >= 4 is 21.8 Å². The zero-order chi connectivity index (χ0) is 11.3. The number of benzene rings is 1. The molecule has 15 heavy (non-hydrogen) atoms. The second-order valence-corrected chi connectivity index (χ2v) is 3.82. The predicted octanol–water partition coefficient (Wildman–Crippen LogP) is 2.35. The molecule has 0 amide bonds. The fourth-order valence-corrected chi connectivity index (χ4v) is 1.49. The van der Waals surface area contributed by atoms with Gasteiger partial charge in [0, 0.05) is 0 Å². The highest BCUT2D eigenvalue weighted by Gasteiger charge is 2.14. The molecule has 82 valence electrons. The number of hydrogen-bond acceptors (Lipinski definition) is 3. The van der Waals surface area contributed by atoms with Gasteiger partial charge in [0.1, 0.15) is 5.75 Å². The lowest BCUT2D eigenvalue weighted by molar-refractivity contribution is 0.245. The van der Waals surface area contributed by atoms with Crippen molar-refractivity contribution < 1.29 is 9.94 Å². The molecule has 0 radical (unpaired) electrons. The zero-order valence-corrected chi connectivity index (χ0v) is 9.94. The van der Waals surface area contributed by atoms with Crippen molar-refractivity contribution in [3.05, 3.63) is 28.7 Å². The molecule has 4 nitrogen and oxygen atoms in total. The maximum Gasteiger partial charge on any atom is 0.180 e. The van der Waals surface area contributed by atoms with Crippen molar-refractivity contribution in [3.8, 4) is 5.75 Å². The Kier molecular flexibility index (Phi) is 4.42. The number of nitrogens with zero attached hydrogens (tertiary/aromatic N) is 1. The number of amidine groups is 1. The van der Waals surface area contributed by atoms with Crippen LogP contribution >= 0.6 is 15.9 Å². The molecule has 1 aromatic carbocycles. The fourth-order valence-electron chi connectivity index (χ4n) is 1.11. The van der Waals surface area contributed by atoms with E-state index in [9.17, 15) is 0 Å². The molecular formula is C10H13BrN2O2. The van der Waals surface area contributed by atoms with E-state index in [0.29, 0.717) is 12.2 Å². The molecule has 0 bridgehead atoms. The Morgan fingerprint density at radius 1 is 1.60 bits per heavy atom. The molecule has 0 aromatic heterocycles. The average Bonchev–Trinajstić information content (AvgIpc) is 2.27. The first-order chi connectivity index (χ1) is 7.19. The van der Waals surface area contributed by atoms with Crippen LogP contribution in [-0.4, -0.2) is 17.1 Å². The lowest BCUT2D eigenvalue weighted by Gasteiger charge is -2.16. The van der Waals surface area contributed by atoms with E-state index in [1.54, 1.807) is 0 Å². The number of hydrogen-bond donors (Lipinski definition) is 2. The van der Waals surface area contributed by atoms with Crippen LogP contribution in [0.3, 0.4) is 0 Å². The molecule has 1 rings (SSSR count). The lowest BCUT2D eigenvalue weighted by atomic mass is 10.2. The summed E-state index contributed by atoms with van der Waals surface area (Å²) in [7, 11) is 0. The van der Waals surface area contributed by atoms with E-state index in [4.69, 9.17) is 15.7 Å². The number of nitrogens with two attached hydrogens (primary N) is 1. The fraction of sp³-hybridized carbons (Fsp3) is 0.300. The van der Waals surface area contributed by atoms with Crippen LogP contribution < -0.4 is 10.5 Å². The summed E-state index contributed by atoms with van der Waals surface area (Å²) in [6.45, 7) is 1.90. The van der Waals surface area contributed by atoms with Gasteiger partial charge in [-0.2, -0.15) is 0 Å². The van der Waals surface area contributed by atoms with E-state index >= 15 is 0 Å². The van der Waals surface area contributed by atoms with Crippen molar-refractivity contribution in [3.63, 3.8) is 0 Å². The van der Waals surface area contributed by atoms with Crippen LogP contribution in [0.25, 0.3) is 0 Å². The van der Waals surface area contributed by atoms with Gasteiger partial charge in [-0.25, -0.2) is 0 Å². The highest BCUT2D eigenvalue weighted by Crippen LogP contribution is 2.25. The van der Waals surface area contributed by atoms with Gasteiger partial charge in [-0.1, -0.05) is 24.2 Å². The van der Waals surface area contributed by atoms with Gasteiger partial charge in [-0.3, -0.25) is 0 Å². The average molecular weight is 273 g/mol. The van der Waals surface area contributed by atoms with Gasteiger partial charge >= 0.3 is 0 Å². The second-order valence-electron chi connectivity index (χ2n) is 2.97. The molecule has 5 heteroatoms. The highest BCUT2D eigenvalue weighted by molar-refractivity contribution is 9.10. The second kappa shape index (κ2) is 5.60. The van der Waals surface area contributed by atoms with Gasteiger partial charge in [0.15, 0.2) is 11.9 Å². The normalized spacial score (nSPS) is 13.6. The van der Waals surface area contributed by atoms with Crippen LogP contribution in [0.1, 0.15) is 13.3 Å². The molecule has 0 aliphatic heterocycles. The zero-order valence-electron chi connectivity index (χ0n) is 8.35. The van der Waals surface area contributed by atoms with Gasteiger partial charge in [0.25, 0.3) is 0 Å². The minimum Gasteiger partial charge on any atom is -0.481 e. The van der Waals surface area contributed by atoms with E-state index < -0.39 is 6.10 Å². The maximum absolute atomic E-state index is 8.55. The summed E-state index contributed by atoms with van der Waals surface area (Å²) in [4.78, 5) is 0. The Bertz CT molecular complexity index is 355. The van der Waals surface area contributed by atoms with Crippen molar-refractivity contribution in [1.29, 1.82) is 0 Å². The Morgan fingerprint density at radius 2 is 2.27 bits per heavy atom. The third-order valence-electron chi connectivity index (χ3n) is 1.92. The first kappa shape index (κ1) is 11.8. The molecule has 1 aromatic rings. The van der Waals surface area contributed by atoms with Crippen LogP contribution in [0.4, 0.5) is 0 Å². The van der Waals surface area contributed by atoms with Crippen LogP contribution in [0.2, 0.25) is 0 Å². The summed E-state index contributed by atoms with van der Waals surface area (Å²) in [5, 5.41) is 11.5. The minimum absolute atomic E-state index is 0.0771. The first-order valence-electron chi connectivity index (χ1n) is 4.57. The Labute approximate surface area is 96.9 Å². The third kappa shape index (κ3) is 3.13. The van der Waals surface area contributed by atoms with Crippen LogP contribution in [0.15, 0.2) is 33.9 Å². The highest BCUT2D eigenvalue weighted by atomic mass is 79.9. The van der Waals surface area contributed by atoms with E-state index in [2.05, 4.69) is 21.1 Å². The SMILES string of the molecule is CCC(Oc1ccccc1Br)C(N)=NO. The number of rotatable bonds is 4. The summed E-state index contributed by atoms with van der Waals surface area (Å²) in [5.74, 6) is 0.754. The quantitative estimate of drug-likeness (QED) is 0.383. The van der Waals surface area contributed by atoms with Crippen molar-refractivity contribution in [2.24, 2.45) is 10.9 Å². The Morgan fingerprint density at radius 3 is 2.80 bits per heavy atom. The molecular weight excluding hydrogens is 260 g/mol. The summed E-state index contributed by atoms with van der Waals surface area (Å²) in [5.41, 5.74) is 5.49. The Hall–Kier alpha value is -1.23. The van der Waals surface area contributed by atoms with Gasteiger partial charge in [0.05, 0.1) is 4.47 Å². The Balaban J connectivity index is 2.80. The van der Waals surface area contributed by atoms with Crippen molar-refractivity contribution in [1.82, 2.24) is 0 Å². The number of para-hydroxylation sites is 1. The molecule has 0 saturated heterocycles. The largest absolute Gasteiger partial charge is 0.481 e. The molecule has 0 saturated carbocycles. The van der Waals surface area contributed by atoms with Crippen LogP contribution in [0, 0.1) is 0 Å². The number of ether oxygens (including phenoxy) is 1. The molecule has 0 aliphatic carbocycles. The first-order valence-corrected chi connectivity index (χ1v) is 5.37. The van der Waals surface area contributed by atoms with Crippen molar-refractivity contribution in [2.45, 2.75) is 19.4 Å². The summed E-state index contributed by atoms with van der Waals surface area (Å²) >= 11 is 3.36. The van der Waals surface area contributed by atoms with Gasteiger partial charge in [0.2, 0.25) is 0 Å². The van der Waals surface area contributed by atoms with E-state index in [-0.39, 0.29) is 5.84 Å². The van der Waals surface area contributed by atoms with E-state index in [1.807, 2.05) is 31.2 Å². The minimum atomic E-state index is -0.409. The maximum atomic E-state index is 8.55. The van der Waals surface area contributed by atoms with Gasteiger partial charge < -0.3 is 15.7 Å². The summed E-state index contributed by atoms with van der Waals surface area (Å²) < 4.78 is 6.43. The molecule has 0 spiro atoms. The molecule has 0 aliphatic rings. The predicted molar refractivity (Wildman–Crippen MR) is 62.3 cm³/mol. The molecule has 0 fully saturated rings. The van der Waals surface area contributed by atoms with Gasteiger partial charge in [-0.05, 0) is 34.5 Å². The van der Waals surface area contributed by atoms with E-state index in [1.165, 1.54) is 0 Å². The summed E-state index contributed by atoms with van der Waals surface area (Å²) in [6, 6.07) is 7.44. The summed E-state index contributed by atoms with van der Waals surface area (Å²) in [6.07, 6.45) is 0.228. The van der Waals surface area contributed by atoms with E-state index in [0.717, 1.165) is 4.47 Å². The molecule has 1 unspecified atom stereocenters. The molecule has 0 heterocycles. The van der Waals surface area contributed by atoms with Crippen molar-refractivity contribution in [2.75, 3.05) is 0 Å². The number of oxime groups is 1. The number of halogens is 1. The standard InChI is InChI=1S/C10H13BrN2O2/c1-2-8(10(12)13-14)15-9-6-4-3-5-7(9)11/h3-6,8,14H,2H2,1H3,(H2,12,13). The third-order valence-corrected chi connectivity index (χ3v) is 2.58. The molecule has 3 N–H and O–H groups in total.